The van der Waals surface area contributed by atoms with Gasteiger partial charge in [0.1, 0.15) is 0 Å². The highest BCUT2D eigenvalue weighted by atomic mass is 32.2. The minimum atomic E-state index is -0.448. The Morgan fingerprint density at radius 1 is 0.833 bits per heavy atom. The van der Waals surface area contributed by atoms with Crippen molar-refractivity contribution in [1.82, 2.24) is 25.0 Å². The lowest BCUT2D eigenvalue weighted by molar-refractivity contribution is -0.384. The first-order valence-corrected chi connectivity index (χ1v) is 12.1. The molecule has 0 N–H and O–H groups in total. The number of rotatable bonds is 7. The Balaban J connectivity index is 1.45. The van der Waals surface area contributed by atoms with E-state index in [2.05, 4.69) is 44.7 Å². The molecule has 0 aliphatic rings. The second-order valence-electron chi connectivity index (χ2n) is 8.35. The Morgan fingerprint density at radius 3 is 2.08 bits per heavy atom. The highest BCUT2D eigenvalue weighted by molar-refractivity contribution is 7.99. The average molecular weight is 499 g/mol. The van der Waals surface area contributed by atoms with Gasteiger partial charge in [-0.15, -0.1) is 20.4 Å². The quantitative estimate of drug-likeness (QED) is 0.145. The average Bonchev–Trinajstić information content (AvgIpc) is 3.53. The van der Waals surface area contributed by atoms with Crippen LogP contribution in [0.4, 0.5) is 5.69 Å². The number of nitro groups is 1. The van der Waals surface area contributed by atoms with Crippen molar-refractivity contribution in [2.75, 3.05) is 0 Å². The van der Waals surface area contributed by atoms with Crippen molar-refractivity contribution in [3.05, 3.63) is 99.9 Å². The molecule has 0 radical (unpaired) electrons. The largest absolute Gasteiger partial charge is 0.419 e. The molecular weight excluding hydrogens is 476 g/mol. The van der Waals surface area contributed by atoms with Gasteiger partial charge in [0.15, 0.2) is 11.0 Å². The minimum absolute atomic E-state index is 0.00207. The third kappa shape index (κ3) is 4.76. The summed E-state index contributed by atoms with van der Waals surface area (Å²) in [5.74, 6) is 1.46. The van der Waals surface area contributed by atoms with Gasteiger partial charge in [-0.05, 0) is 45.0 Å². The summed E-state index contributed by atoms with van der Waals surface area (Å²) in [7, 11) is 0. The maximum absolute atomic E-state index is 10.9. The number of hydrogen-bond acceptors (Lipinski definition) is 8. The van der Waals surface area contributed by atoms with Crippen molar-refractivity contribution in [3.63, 3.8) is 0 Å². The number of hydrogen-bond donors (Lipinski definition) is 0. The normalized spacial score (nSPS) is 12.0. The van der Waals surface area contributed by atoms with Crippen LogP contribution in [0.3, 0.4) is 0 Å². The molecular formula is C26H22N6O3S. The first kappa shape index (κ1) is 23.4. The Hall–Kier alpha value is -4.31. The van der Waals surface area contributed by atoms with Crippen LogP contribution in [0, 0.1) is 24.0 Å². The van der Waals surface area contributed by atoms with Gasteiger partial charge in [0, 0.05) is 28.9 Å². The third-order valence-electron chi connectivity index (χ3n) is 5.63. The van der Waals surface area contributed by atoms with Crippen LogP contribution in [0.5, 0.6) is 0 Å². The highest BCUT2D eigenvalue weighted by Crippen LogP contribution is 2.37. The van der Waals surface area contributed by atoms with E-state index >= 15 is 0 Å². The van der Waals surface area contributed by atoms with E-state index in [9.17, 15) is 10.1 Å². The Bertz CT molecular complexity index is 1510. The molecule has 0 aliphatic heterocycles. The fourth-order valence-electron chi connectivity index (χ4n) is 3.61. The van der Waals surface area contributed by atoms with E-state index in [1.807, 2.05) is 49.6 Å². The molecule has 0 spiro atoms. The molecule has 36 heavy (non-hydrogen) atoms. The number of aryl methyl sites for hydroxylation is 2. The van der Waals surface area contributed by atoms with Crippen molar-refractivity contribution >= 4 is 17.4 Å². The molecule has 5 rings (SSSR count). The van der Waals surface area contributed by atoms with E-state index in [4.69, 9.17) is 4.42 Å². The standard InChI is InChI=1S/C26H22N6O3S/c1-16-4-8-19(9-5-16)23-27-30-26(31(23)21-12-6-17(2)7-13-21)36-18(3)24-28-29-25(35-24)20-10-14-22(15-11-20)32(33)34/h4-15,18H,1-3H3. The van der Waals surface area contributed by atoms with Crippen molar-refractivity contribution in [2.45, 2.75) is 31.2 Å². The third-order valence-corrected chi connectivity index (χ3v) is 6.66. The maximum Gasteiger partial charge on any atom is 0.269 e. The molecule has 0 aliphatic carbocycles. The molecule has 1 unspecified atom stereocenters. The predicted octanol–water partition coefficient (Wildman–Crippen LogP) is 6.36. The van der Waals surface area contributed by atoms with Gasteiger partial charge in [-0.3, -0.25) is 14.7 Å². The van der Waals surface area contributed by atoms with Gasteiger partial charge in [-0.1, -0.05) is 59.3 Å². The van der Waals surface area contributed by atoms with Crippen LogP contribution in [-0.2, 0) is 0 Å². The second kappa shape index (κ2) is 9.74. The predicted molar refractivity (Wildman–Crippen MR) is 137 cm³/mol. The number of benzene rings is 3. The topological polar surface area (TPSA) is 113 Å². The van der Waals surface area contributed by atoms with Gasteiger partial charge in [0.2, 0.25) is 11.8 Å². The van der Waals surface area contributed by atoms with Gasteiger partial charge >= 0.3 is 0 Å². The smallest absolute Gasteiger partial charge is 0.269 e. The number of aromatic nitrogens is 5. The molecule has 2 heterocycles. The Kier molecular flexibility index (Phi) is 6.34. The Morgan fingerprint density at radius 2 is 1.44 bits per heavy atom. The summed E-state index contributed by atoms with van der Waals surface area (Å²) in [6, 6.07) is 22.4. The van der Waals surface area contributed by atoms with E-state index in [0.717, 1.165) is 22.6 Å². The number of non-ortho nitro benzene ring substituents is 1. The molecule has 10 heteroatoms. The van der Waals surface area contributed by atoms with Gasteiger partial charge in [-0.2, -0.15) is 0 Å². The molecule has 9 nitrogen and oxygen atoms in total. The fraction of sp³-hybridized carbons (Fsp3) is 0.154. The van der Waals surface area contributed by atoms with Crippen molar-refractivity contribution in [1.29, 1.82) is 0 Å². The zero-order chi connectivity index (χ0) is 25.2. The number of nitrogens with zero attached hydrogens (tertiary/aromatic N) is 6. The van der Waals surface area contributed by atoms with E-state index in [1.54, 1.807) is 12.1 Å². The first-order chi connectivity index (χ1) is 17.4. The second-order valence-corrected chi connectivity index (χ2v) is 9.66. The summed E-state index contributed by atoms with van der Waals surface area (Å²) in [6.07, 6.45) is 0. The van der Waals surface area contributed by atoms with Crippen LogP contribution >= 0.6 is 11.8 Å². The molecule has 0 bridgehead atoms. The monoisotopic (exact) mass is 498 g/mol. The van der Waals surface area contributed by atoms with Crippen LogP contribution in [0.2, 0.25) is 0 Å². The number of nitro benzene ring substituents is 1. The van der Waals surface area contributed by atoms with Crippen LogP contribution in [0.1, 0.15) is 29.2 Å². The maximum atomic E-state index is 10.9. The van der Waals surface area contributed by atoms with Crippen molar-refractivity contribution < 1.29 is 9.34 Å². The summed E-state index contributed by atoms with van der Waals surface area (Å²) in [4.78, 5) is 10.5. The first-order valence-electron chi connectivity index (χ1n) is 11.2. The molecule has 5 aromatic rings. The van der Waals surface area contributed by atoms with E-state index in [1.165, 1.54) is 29.5 Å². The minimum Gasteiger partial charge on any atom is -0.419 e. The molecule has 1 atom stereocenters. The summed E-state index contributed by atoms with van der Waals surface area (Å²) in [5, 5.41) is 28.7. The van der Waals surface area contributed by atoms with Crippen LogP contribution in [0.15, 0.2) is 82.4 Å². The van der Waals surface area contributed by atoms with Crippen LogP contribution in [0.25, 0.3) is 28.5 Å². The molecule has 180 valence electrons. The Labute approximate surface area is 211 Å². The van der Waals surface area contributed by atoms with Gasteiger partial charge in [-0.25, -0.2) is 0 Å². The zero-order valence-electron chi connectivity index (χ0n) is 19.8. The lowest BCUT2D eigenvalue weighted by Gasteiger charge is -2.12. The fourth-order valence-corrected chi connectivity index (χ4v) is 4.51. The summed E-state index contributed by atoms with van der Waals surface area (Å²) in [6.45, 7) is 6.05. The van der Waals surface area contributed by atoms with Crippen molar-refractivity contribution in [2.24, 2.45) is 0 Å². The summed E-state index contributed by atoms with van der Waals surface area (Å²) < 4.78 is 7.93. The molecule has 0 amide bonds. The molecule has 2 aromatic heterocycles. The van der Waals surface area contributed by atoms with Crippen LogP contribution < -0.4 is 0 Å². The molecule has 0 fully saturated rings. The summed E-state index contributed by atoms with van der Waals surface area (Å²) >= 11 is 1.46. The molecule has 0 saturated heterocycles. The number of thioether (sulfide) groups is 1. The van der Waals surface area contributed by atoms with Gasteiger partial charge in [0.05, 0.1) is 10.2 Å². The molecule has 0 saturated carbocycles. The van der Waals surface area contributed by atoms with Crippen molar-refractivity contribution in [3.8, 4) is 28.5 Å². The van der Waals surface area contributed by atoms with Gasteiger partial charge in [0.25, 0.3) is 5.69 Å². The van der Waals surface area contributed by atoms with E-state index < -0.39 is 4.92 Å². The highest BCUT2D eigenvalue weighted by Gasteiger charge is 2.22. The SMILES string of the molecule is Cc1ccc(-c2nnc(SC(C)c3nnc(-c4ccc([N+](=O)[O-])cc4)o3)n2-c2ccc(C)cc2)cc1. The lowest BCUT2D eigenvalue weighted by Crippen LogP contribution is -2.01. The summed E-state index contributed by atoms with van der Waals surface area (Å²) in [5.41, 5.74) is 4.86. The van der Waals surface area contributed by atoms with E-state index in [0.29, 0.717) is 22.5 Å². The van der Waals surface area contributed by atoms with Crippen LogP contribution in [-0.4, -0.2) is 29.9 Å². The zero-order valence-corrected chi connectivity index (χ0v) is 20.6. The van der Waals surface area contributed by atoms with E-state index in [-0.39, 0.29) is 10.9 Å². The van der Waals surface area contributed by atoms with Gasteiger partial charge < -0.3 is 4.42 Å². The molecule has 3 aromatic carbocycles. The lowest BCUT2D eigenvalue weighted by atomic mass is 10.1.